The van der Waals surface area contributed by atoms with Crippen LogP contribution in [0.1, 0.15) is 32.9 Å². The number of benzene rings is 1. The summed E-state index contributed by atoms with van der Waals surface area (Å²) in [6, 6.07) is 9.77. The number of pyridine rings is 1. The average molecular weight is 255 g/mol. The van der Waals surface area contributed by atoms with Crippen LogP contribution >= 0.6 is 0 Å². The lowest BCUT2D eigenvalue weighted by atomic mass is 10.0. The minimum absolute atomic E-state index is 0.353. The van der Waals surface area contributed by atoms with E-state index in [1.54, 1.807) is 6.07 Å². The molecule has 1 aromatic heterocycles. The summed E-state index contributed by atoms with van der Waals surface area (Å²) >= 11 is 0. The Hall–Kier alpha value is -2.16. The van der Waals surface area contributed by atoms with Gasteiger partial charge >= 0.3 is 0 Å². The van der Waals surface area contributed by atoms with Crippen LogP contribution in [0.4, 0.5) is 0 Å². The van der Waals surface area contributed by atoms with Crippen molar-refractivity contribution >= 4 is 6.29 Å². The number of aryl methyl sites for hydroxylation is 3. The highest BCUT2D eigenvalue weighted by Gasteiger charge is 2.07. The molecule has 1 aromatic carbocycles. The monoisotopic (exact) mass is 255 g/mol. The molecule has 98 valence electrons. The Bertz CT molecular complexity index is 585. The normalized spacial score (nSPS) is 10.3. The van der Waals surface area contributed by atoms with Gasteiger partial charge in [0.1, 0.15) is 18.1 Å². The second-order valence-electron chi connectivity index (χ2n) is 4.61. The smallest absolute Gasteiger partial charge is 0.172 e. The Labute approximate surface area is 113 Å². The van der Waals surface area contributed by atoms with E-state index in [1.807, 2.05) is 19.1 Å². The number of hydrogen-bond donors (Lipinski definition) is 0. The van der Waals surface area contributed by atoms with E-state index in [0.717, 1.165) is 17.5 Å². The van der Waals surface area contributed by atoms with Crippen molar-refractivity contribution in [2.45, 2.75) is 27.4 Å². The highest BCUT2D eigenvalue weighted by atomic mass is 16.5. The summed E-state index contributed by atoms with van der Waals surface area (Å²) in [6.07, 6.45) is 0.729. The van der Waals surface area contributed by atoms with Gasteiger partial charge in [0.2, 0.25) is 0 Å². The number of hydrogen-bond acceptors (Lipinski definition) is 3. The maximum Gasteiger partial charge on any atom is 0.172 e. The topological polar surface area (TPSA) is 39.2 Å². The number of ether oxygens (including phenoxy) is 1. The summed E-state index contributed by atoms with van der Waals surface area (Å²) in [5, 5.41) is 0. The van der Waals surface area contributed by atoms with Gasteiger partial charge in [-0.1, -0.05) is 18.2 Å². The largest absolute Gasteiger partial charge is 0.486 e. The van der Waals surface area contributed by atoms with Gasteiger partial charge in [0.25, 0.3) is 0 Å². The zero-order valence-electron chi connectivity index (χ0n) is 11.4. The Morgan fingerprint density at radius 2 is 1.79 bits per heavy atom. The van der Waals surface area contributed by atoms with E-state index >= 15 is 0 Å². The number of nitrogens with zero attached hydrogens (tertiary/aromatic N) is 1. The van der Waals surface area contributed by atoms with Crippen molar-refractivity contribution in [2.75, 3.05) is 0 Å². The van der Waals surface area contributed by atoms with E-state index < -0.39 is 0 Å². The first-order chi connectivity index (χ1) is 9.11. The zero-order chi connectivity index (χ0) is 13.8. The van der Waals surface area contributed by atoms with Crippen LogP contribution in [0.2, 0.25) is 0 Å². The first kappa shape index (κ1) is 13.3. The molecule has 0 unspecified atom stereocenters. The van der Waals surface area contributed by atoms with Crippen molar-refractivity contribution in [3.63, 3.8) is 0 Å². The molecule has 0 aliphatic rings. The van der Waals surface area contributed by atoms with Crippen LogP contribution in [-0.2, 0) is 6.61 Å². The lowest BCUT2D eigenvalue weighted by Crippen LogP contribution is -2.03. The quantitative estimate of drug-likeness (QED) is 0.786. The lowest BCUT2D eigenvalue weighted by molar-refractivity contribution is 0.111. The van der Waals surface area contributed by atoms with Crippen molar-refractivity contribution in [1.29, 1.82) is 0 Å². The fourth-order valence-electron chi connectivity index (χ4n) is 2.00. The van der Waals surface area contributed by atoms with Crippen molar-refractivity contribution < 1.29 is 9.53 Å². The van der Waals surface area contributed by atoms with Crippen LogP contribution in [-0.4, -0.2) is 11.3 Å². The molecule has 0 atom stereocenters. The van der Waals surface area contributed by atoms with Gasteiger partial charge in [-0.2, -0.15) is 0 Å². The predicted octanol–water partition coefficient (Wildman–Crippen LogP) is 3.40. The maximum absolute atomic E-state index is 11.0. The molecule has 0 N–H and O–H groups in total. The van der Waals surface area contributed by atoms with Crippen LogP contribution in [0, 0.1) is 20.8 Å². The number of aldehydes is 1. The first-order valence-corrected chi connectivity index (χ1v) is 6.22. The summed E-state index contributed by atoms with van der Waals surface area (Å²) in [6.45, 7) is 6.41. The summed E-state index contributed by atoms with van der Waals surface area (Å²) in [5.41, 5.74) is 4.69. The molecule has 0 saturated carbocycles. The minimum Gasteiger partial charge on any atom is -0.486 e. The van der Waals surface area contributed by atoms with Crippen molar-refractivity contribution in [3.05, 3.63) is 58.4 Å². The number of aromatic nitrogens is 1. The van der Waals surface area contributed by atoms with Crippen molar-refractivity contribution in [1.82, 2.24) is 4.98 Å². The van der Waals surface area contributed by atoms with E-state index in [1.165, 1.54) is 11.1 Å². The second kappa shape index (κ2) is 5.65. The SMILES string of the molecule is Cc1ccc(OCc2c(C)cccc2C)c(C=O)n1. The summed E-state index contributed by atoms with van der Waals surface area (Å²) in [5.74, 6) is 0.531. The number of carbonyl (C=O) groups is 1. The molecule has 1 heterocycles. The minimum atomic E-state index is 0.353. The van der Waals surface area contributed by atoms with Crippen molar-refractivity contribution in [2.24, 2.45) is 0 Å². The van der Waals surface area contributed by atoms with Crippen LogP contribution in [0.3, 0.4) is 0 Å². The van der Waals surface area contributed by atoms with Gasteiger partial charge in [-0.15, -0.1) is 0 Å². The van der Waals surface area contributed by atoms with Crippen molar-refractivity contribution in [3.8, 4) is 5.75 Å². The van der Waals surface area contributed by atoms with E-state index in [0.29, 0.717) is 18.1 Å². The van der Waals surface area contributed by atoms with Crippen LogP contribution in [0.15, 0.2) is 30.3 Å². The second-order valence-corrected chi connectivity index (χ2v) is 4.61. The molecule has 0 fully saturated rings. The zero-order valence-corrected chi connectivity index (χ0v) is 11.4. The summed E-state index contributed by atoms with van der Waals surface area (Å²) < 4.78 is 5.74. The number of rotatable bonds is 4. The van der Waals surface area contributed by atoms with Crippen LogP contribution in [0.25, 0.3) is 0 Å². The Morgan fingerprint density at radius 1 is 1.11 bits per heavy atom. The molecule has 0 radical (unpaired) electrons. The summed E-state index contributed by atoms with van der Waals surface area (Å²) in [7, 11) is 0. The van der Waals surface area contributed by atoms with E-state index in [9.17, 15) is 4.79 Å². The Kier molecular flexibility index (Phi) is 3.95. The van der Waals surface area contributed by atoms with Crippen LogP contribution < -0.4 is 4.74 Å². The van der Waals surface area contributed by atoms with Gasteiger partial charge in [0.05, 0.1) is 0 Å². The molecule has 0 aliphatic carbocycles. The van der Waals surface area contributed by atoms with E-state index in [-0.39, 0.29) is 0 Å². The van der Waals surface area contributed by atoms with E-state index in [2.05, 4.69) is 31.0 Å². The summed E-state index contributed by atoms with van der Waals surface area (Å²) in [4.78, 5) is 15.1. The molecule has 3 heteroatoms. The third-order valence-corrected chi connectivity index (χ3v) is 3.15. The standard InChI is InChI=1S/C16H17NO2/c1-11-5-4-6-12(2)14(11)10-19-16-8-7-13(3)17-15(16)9-18/h4-9H,10H2,1-3H3. The molecular formula is C16H17NO2. The van der Waals surface area contributed by atoms with Gasteiger partial charge in [-0.3, -0.25) is 4.79 Å². The maximum atomic E-state index is 11.0. The predicted molar refractivity (Wildman–Crippen MR) is 74.6 cm³/mol. The highest BCUT2D eigenvalue weighted by molar-refractivity contribution is 5.76. The highest BCUT2D eigenvalue weighted by Crippen LogP contribution is 2.19. The van der Waals surface area contributed by atoms with Gasteiger partial charge in [-0.05, 0) is 49.6 Å². The Balaban J connectivity index is 2.21. The van der Waals surface area contributed by atoms with Gasteiger partial charge in [0, 0.05) is 5.69 Å². The average Bonchev–Trinajstić information content (AvgIpc) is 2.39. The molecule has 0 spiro atoms. The molecule has 2 aromatic rings. The molecule has 0 aliphatic heterocycles. The molecule has 3 nitrogen and oxygen atoms in total. The first-order valence-electron chi connectivity index (χ1n) is 6.22. The third-order valence-electron chi connectivity index (χ3n) is 3.15. The molecule has 2 rings (SSSR count). The third kappa shape index (κ3) is 2.99. The molecule has 19 heavy (non-hydrogen) atoms. The fourth-order valence-corrected chi connectivity index (χ4v) is 2.00. The van der Waals surface area contributed by atoms with Gasteiger partial charge in [-0.25, -0.2) is 4.98 Å². The van der Waals surface area contributed by atoms with Gasteiger partial charge < -0.3 is 4.74 Å². The molecule has 0 amide bonds. The van der Waals surface area contributed by atoms with Gasteiger partial charge in [0.15, 0.2) is 6.29 Å². The van der Waals surface area contributed by atoms with Crippen LogP contribution in [0.5, 0.6) is 5.75 Å². The number of carbonyl (C=O) groups excluding carboxylic acids is 1. The molecular weight excluding hydrogens is 238 g/mol. The van der Waals surface area contributed by atoms with E-state index in [4.69, 9.17) is 4.74 Å². The molecule has 0 bridgehead atoms. The fraction of sp³-hybridized carbons (Fsp3) is 0.250. The lowest BCUT2D eigenvalue weighted by Gasteiger charge is -2.12. The molecule has 0 saturated heterocycles. The Morgan fingerprint density at radius 3 is 2.42 bits per heavy atom.